The molecule has 0 radical (unpaired) electrons. The lowest BCUT2D eigenvalue weighted by molar-refractivity contribution is -0.111. The van der Waals surface area contributed by atoms with Gasteiger partial charge >= 0.3 is 0 Å². The summed E-state index contributed by atoms with van der Waals surface area (Å²) in [5, 5.41) is 3.81. The number of anilines is 1. The number of carbonyl (C=O) groups excluding carboxylic acids is 1. The van der Waals surface area contributed by atoms with Gasteiger partial charge in [0, 0.05) is 45.5 Å². The minimum absolute atomic E-state index is 0.179. The van der Waals surface area contributed by atoms with Gasteiger partial charge in [0.1, 0.15) is 17.1 Å². The zero-order valence-electron chi connectivity index (χ0n) is 20.6. The van der Waals surface area contributed by atoms with E-state index < -0.39 is 0 Å². The molecule has 1 aromatic heterocycles. The van der Waals surface area contributed by atoms with Crippen LogP contribution >= 0.6 is 0 Å². The summed E-state index contributed by atoms with van der Waals surface area (Å²) >= 11 is 0. The Balaban J connectivity index is 1.54. The Kier molecular flexibility index (Phi) is 6.29. The molecule has 2 heterocycles. The molecular formula is C29H27NO6. The molecule has 0 spiro atoms. The maximum Gasteiger partial charge on any atom is 0.248 e. The molecule has 1 aliphatic rings. The fraction of sp³-hybridized carbons (Fsp3) is 0.207. The molecule has 1 amide bonds. The van der Waals surface area contributed by atoms with Crippen molar-refractivity contribution in [3.63, 3.8) is 0 Å². The van der Waals surface area contributed by atoms with Crippen LogP contribution < -0.4 is 24.3 Å². The third-order valence-electron chi connectivity index (χ3n) is 6.14. The Morgan fingerprint density at radius 1 is 1.08 bits per heavy atom. The molecule has 0 fully saturated rings. The Labute approximate surface area is 209 Å². The Morgan fingerprint density at radius 2 is 1.89 bits per heavy atom. The molecule has 1 aliphatic heterocycles. The third-order valence-corrected chi connectivity index (χ3v) is 6.14. The standard InChI is InChI=1S/C29H27NO6/c1-5-33-28-18(3)29-22(23(15-34-29)20-8-6-7-9-24(20)32-4)14-21(28)17(2)12-27(31)30-19-10-11-25-26(13-19)36-16-35-25/h6-15H,5,16H2,1-4H3,(H,30,31)/b17-12+. The molecule has 0 atom stereocenters. The molecule has 3 aromatic carbocycles. The molecule has 36 heavy (non-hydrogen) atoms. The minimum Gasteiger partial charge on any atom is -0.496 e. The maximum atomic E-state index is 12.9. The molecule has 184 valence electrons. The van der Waals surface area contributed by atoms with Gasteiger partial charge in [0.05, 0.1) is 20.0 Å². The van der Waals surface area contributed by atoms with E-state index >= 15 is 0 Å². The summed E-state index contributed by atoms with van der Waals surface area (Å²) in [6, 6.07) is 15.1. The Hall–Kier alpha value is -4.39. The molecule has 0 aliphatic carbocycles. The molecule has 5 rings (SSSR count). The lowest BCUT2D eigenvalue weighted by atomic mass is 9.96. The van der Waals surface area contributed by atoms with Crippen molar-refractivity contribution in [2.24, 2.45) is 0 Å². The van der Waals surface area contributed by atoms with Crippen LogP contribution in [0.3, 0.4) is 0 Å². The number of furan rings is 1. The van der Waals surface area contributed by atoms with E-state index in [1.807, 2.05) is 51.1 Å². The zero-order chi connectivity index (χ0) is 25.2. The van der Waals surface area contributed by atoms with Crippen molar-refractivity contribution >= 4 is 28.1 Å². The van der Waals surface area contributed by atoms with E-state index in [2.05, 4.69) is 5.32 Å². The van der Waals surface area contributed by atoms with Gasteiger partial charge < -0.3 is 28.7 Å². The van der Waals surface area contributed by atoms with Crippen LogP contribution in [-0.2, 0) is 4.79 Å². The highest BCUT2D eigenvalue weighted by Gasteiger charge is 2.21. The molecule has 1 N–H and O–H groups in total. The first-order chi connectivity index (χ1) is 17.5. The van der Waals surface area contributed by atoms with Gasteiger partial charge in [0.2, 0.25) is 12.7 Å². The van der Waals surface area contributed by atoms with Crippen LogP contribution in [0, 0.1) is 6.92 Å². The van der Waals surface area contributed by atoms with Crippen molar-refractivity contribution in [1.29, 1.82) is 0 Å². The van der Waals surface area contributed by atoms with E-state index in [0.717, 1.165) is 44.5 Å². The van der Waals surface area contributed by atoms with E-state index in [-0.39, 0.29) is 12.7 Å². The average molecular weight is 486 g/mol. The molecule has 0 bridgehead atoms. The van der Waals surface area contributed by atoms with Crippen molar-refractivity contribution < 1.29 is 28.2 Å². The van der Waals surface area contributed by atoms with Crippen molar-refractivity contribution in [2.75, 3.05) is 25.8 Å². The fourth-order valence-corrected chi connectivity index (χ4v) is 4.44. The number of hydrogen-bond donors (Lipinski definition) is 1. The summed E-state index contributed by atoms with van der Waals surface area (Å²) in [6.45, 7) is 6.45. The number of rotatable bonds is 7. The topological polar surface area (TPSA) is 79.2 Å². The minimum atomic E-state index is -0.260. The molecular weight excluding hydrogens is 458 g/mol. The number of fused-ring (bicyclic) bond motifs is 2. The number of ether oxygens (including phenoxy) is 4. The van der Waals surface area contributed by atoms with Crippen LogP contribution in [-0.4, -0.2) is 26.4 Å². The summed E-state index contributed by atoms with van der Waals surface area (Å²) in [6.07, 6.45) is 3.30. The van der Waals surface area contributed by atoms with E-state index in [0.29, 0.717) is 29.5 Å². The van der Waals surface area contributed by atoms with Crippen LogP contribution in [0.4, 0.5) is 5.69 Å². The number of amides is 1. The number of aryl methyl sites for hydroxylation is 1. The predicted molar refractivity (Wildman–Crippen MR) is 139 cm³/mol. The van der Waals surface area contributed by atoms with Crippen LogP contribution in [0.15, 0.2) is 65.3 Å². The number of para-hydroxylation sites is 1. The third kappa shape index (κ3) is 4.24. The lowest BCUT2D eigenvalue weighted by Crippen LogP contribution is -2.09. The average Bonchev–Trinajstić information content (AvgIpc) is 3.52. The van der Waals surface area contributed by atoms with Gasteiger partial charge in [-0.1, -0.05) is 18.2 Å². The second-order valence-electron chi connectivity index (χ2n) is 8.42. The zero-order valence-corrected chi connectivity index (χ0v) is 20.6. The molecule has 7 nitrogen and oxygen atoms in total. The number of allylic oxidation sites excluding steroid dienone is 1. The molecule has 4 aromatic rings. The van der Waals surface area contributed by atoms with E-state index in [1.165, 1.54) is 0 Å². The first-order valence-electron chi connectivity index (χ1n) is 11.7. The predicted octanol–water partition coefficient (Wildman–Crippen LogP) is 6.59. The van der Waals surface area contributed by atoms with Crippen molar-refractivity contribution in [3.05, 3.63) is 72.0 Å². The largest absolute Gasteiger partial charge is 0.496 e. The second kappa shape index (κ2) is 9.70. The number of hydrogen-bond acceptors (Lipinski definition) is 6. The van der Waals surface area contributed by atoms with Gasteiger partial charge in [0.15, 0.2) is 11.5 Å². The Morgan fingerprint density at radius 3 is 2.69 bits per heavy atom. The number of benzene rings is 3. The smallest absolute Gasteiger partial charge is 0.248 e. The summed E-state index contributed by atoms with van der Waals surface area (Å²) < 4.78 is 28.3. The SMILES string of the molecule is CCOc1c(/C(C)=C/C(=O)Nc2ccc3c(c2)OCO3)cc2c(-c3ccccc3OC)coc2c1C. The lowest BCUT2D eigenvalue weighted by Gasteiger charge is -2.15. The van der Waals surface area contributed by atoms with Crippen LogP contribution in [0.1, 0.15) is 25.0 Å². The van der Waals surface area contributed by atoms with Crippen molar-refractivity contribution in [1.82, 2.24) is 0 Å². The quantitative estimate of drug-likeness (QED) is 0.298. The normalized spacial score (nSPS) is 12.6. The van der Waals surface area contributed by atoms with Crippen LogP contribution in [0.2, 0.25) is 0 Å². The molecule has 0 saturated carbocycles. The maximum absolute atomic E-state index is 12.9. The highest BCUT2D eigenvalue weighted by Crippen LogP contribution is 2.43. The number of carbonyl (C=O) groups is 1. The highest BCUT2D eigenvalue weighted by atomic mass is 16.7. The van der Waals surface area contributed by atoms with E-state index in [1.54, 1.807) is 37.6 Å². The highest BCUT2D eigenvalue weighted by molar-refractivity contribution is 6.06. The van der Waals surface area contributed by atoms with Gasteiger partial charge in [-0.25, -0.2) is 0 Å². The number of methoxy groups -OCH3 is 1. The van der Waals surface area contributed by atoms with E-state index in [4.69, 9.17) is 23.4 Å². The van der Waals surface area contributed by atoms with Crippen molar-refractivity contribution in [3.8, 4) is 34.1 Å². The van der Waals surface area contributed by atoms with Gasteiger partial charge in [0.25, 0.3) is 0 Å². The summed E-state index contributed by atoms with van der Waals surface area (Å²) in [5.41, 5.74) is 5.64. The molecule has 0 saturated heterocycles. The first-order valence-corrected chi connectivity index (χ1v) is 11.7. The summed E-state index contributed by atoms with van der Waals surface area (Å²) in [5.74, 6) is 2.45. The Bertz CT molecular complexity index is 1480. The van der Waals surface area contributed by atoms with Gasteiger partial charge in [-0.05, 0) is 50.6 Å². The number of nitrogens with one attached hydrogen (secondary N) is 1. The monoisotopic (exact) mass is 485 g/mol. The first kappa shape index (κ1) is 23.4. The second-order valence-corrected chi connectivity index (χ2v) is 8.42. The molecule has 7 heteroatoms. The fourth-order valence-electron chi connectivity index (χ4n) is 4.44. The van der Waals surface area contributed by atoms with E-state index in [9.17, 15) is 4.79 Å². The van der Waals surface area contributed by atoms with Crippen molar-refractivity contribution in [2.45, 2.75) is 20.8 Å². The summed E-state index contributed by atoms with van der Waals surface area (Å²) in [7, 11) is 1.65. The molecule has 0 unspecified atom stereocenters. The van der Waals surface area contributed by atoms with Gasteiger partial charge in [-0.15, -0.1) is 0 Å². The van der Waals surface area contributed by atoms with Crippen LogP contribution in [0.5, 0.6) is 23.0 Å². The van der Waals surface area contributed by atoms with Gasteiger partial charge in [-0.3, -0.25) is 4.79 Å². The van der Waals surface area contributed by atoms with Crippen LogP contribution in [0.25, 0.3) is 27.7 Å². The summed E-state index contributed by atoms with van der Waals surface area (Å²) in [4.78, 5) is 12.9. The van der Waals surface area contributed by atoms with Gasteiger partial charge in [-0.2, -0.15) is 0 Å².